The van der Waals surface area contributed by atoms with Crippen LogP contribution in [-0.2, 0) is 13.0 Å². The summed E-state index contributed by atoms with van der Waals surface area (Å²) in [5.41, 5.74) is 5.50. The van der Waals surface area contributed by atoms with E-state index in [2.05, 4.69) is 4.90 Å². The van der Waals surface area contributed by atoms with Crippen LogP contribution in [0.3, 0.4) is 0 Å². The summed E-state index contributed by atoms with van der Waals surface area (Å²) in [6.07, 6.45) is 2.60. The van der Waals surface area contributed by atoms with Crippen LogP contribution < -0.4 is 9.47 Å². The number of Topliss-reactive ketones (excluding diaryl/α,β-unsaturated/α-hetero) is 1. The molecule has 0 unspecified atom stereocenters. The third-order valence-corrected chi connectivity index (χ3v) is 6.09. The van der Waals surface area contributed by atoms with Gasteiger partial charge in [0.2, 0.25) is 5.78 Å². The fraction of sp³-hybridized carbons (Fsp3) is 0.222. The average molecular weight is 429 g/mol. The second-order valence-electron chi connectivity index (χ2n) is 8.37. The van der Waals surface area contributed by atoms with Crippen molar-refractivity contribution in [2.24, 2.45) is 0 Å². The quantitative estimate of drug-likeness (QED) is 0.517. The molecule has 2 heterocycles. The Kier molecular flexibility index (Phi) is 5.27. The lowest BCUT2D eigenvalue weighted by Crippen LogP contribution is -2.33. The van der Waals surface area contributed by atoms with Crippen molar-refractivity contribution in [3.63, 3.8) is 0 Å². The zero-order chi connectivity index (χ0) is 22.2. The van der Waals surface area contributed by atoms with Gasteiger partial charge in [0.15, 0.2) is 5.76 Å². The summed E-state index contributed by atoms with van der Waals surface area (Å²) in [6.45, 7) is 5.78. The lowest BCUT2D eigenvalue weighted by Gasteiger charge is -2.30. The molecule has 5 heteroatoms. The first kappa shape index (κ1) is 20.5. The normalized spacial score (nSPS) is 16.5. The molecular formula is C27H24FNO3. The Labute approximate surface area is 186 Å². The maximum Gasteiger partial charge on any atom is 0.232 e. The number of fused-ring (bicyclic) bond motifs is 3. The molecule has 0 aliphatic carbocycles. The molecular weight excluding hydrogens is 405 g/mol. The van der Waals surface area contributed by atoms with Crippen molar-refractivity contribution in [3.8, 4) is 11.5 Å². The molecule has 3 aromatic carbocycles. The number of rotatable bonds is 4. The number of nitrogens with zero attached hydrogens (tertiary/aromatic N) is 1. The minimum absolute atomic E-state index is 0.0908. The Morgan fingerprint density at radius 2 is 1.84 bits per heavy atom. The van der Waals surface area contributed by atoms with Crippen molar-refractivity contribution in [1.29, 1.82) is 0 Å². The number of halogens is 1. The van der Waals surface area contributed by atoms with Crippen LogP contribution in [0.5, 0.6) is 11.5 Å². The molecule has 2 aliphatic rings. The Morgan fingerprint density at radius 3 is 2.62 bits per heavy atom. The third kappa shape index (κ3) is 3.80. The molecule has 0 N–H and O–H groups in total. The zero-order valence-electron chi connectivity index (χ0n) is 18.2. The molecule has 4 nitrogen and oxygen atoms in total. The van der Waals surface area contributed by atoms with E-state index in [0.717, 1.165) is 46.5 Å². The molecule has 3 aromatic rings. The van der Waals surface area contributed by atoms with Gasteiger partial charge in [0.1, 0.15) is 24.0 Å². The van der Waals surface area contributed by atoms with E-state index in [9.17, 15) is 9.18 Å². The Balaban J connectivity index is 1.40. The molecule has 0 bridgehead atoms. The first-order chi connectivity index (χ1) is 15.5. The number of hydrogen-bond acceptors (Lipinski definition) is 4. The predicted molar refractivity (Wildman–Crippen MR) is 121 cm³/mol. The summed E-state index contributed by atoms with van der Waals surface area (Å²) in [6, 6.07) is 16.4. The lowest BCUT2D eigenvalue weighted by atomic mass is 9.98. The second-order valence-corrected chi connectivity index (χ2v) is 8.37. The Bertz CT molecular complexity index is 1230. The van der Waals surface area contributed by atoms with Gasteiger partial charge in [-0.2, -0.15) is 0 Å². The van der Waals surface area contributed by atoms with Crippen molar-refractivity contribution in [2.45, 2.75) is 26.8 Å². The summed E-state index contributed by atoms with van der Waals surface area (Å²) in [5.74, 6) is 1.40. The number of ether oxygens (including phenoxy) is 2. The van der Waals surface area contributed by atoms with Crippen LogP contribution >= 0.6 is 0 Å². The maximum atomic E-state index is 13.2. The molecule has 162 valence electrons. The number of benzene rings is 3. The SMILES string of the molecule is Cc1ccccc1/C=C1/Oc2c3c(cc(C)c2C1=O)OCN(CCc1ccc(F)cc1)C3. The monoisotopic (exact) mass is 429 g/mol. The minimum Gasteiger partial charge on any atom is -0.478 e. The second kappa shape index (κ2) is 8.24. The minimum atomic E-state index is -0.230. The third-order valence-electron chi connectivity index (χ3n) is 6.09. The molecule has 0 saturated heterocycles. The van der Waals surface area contributed by atoms with E-state index in [1.165, 1.54) is 12.1 Å². The predicted octanol–water partition coefficient (Wildman–Crippen LogP) is 5.45. The van der Waals surface area contributed by atoms with Gasteiger partial charge in [-0.3, -0.25) is 9.69 Å². The van der Waals surface area contributed by atoms with Gasteiger partial charge in [0, 0.05) is 13.1 Å². The smallest absolute Gasteiger partial charge is 0.232 e. The Morgan fingerprint density at radius 1 is 1.06 bits per heavy atom. The van der Waals surface area contributed by atoms with Crippen molar-refractivity contribution in [2.75, 3.05) is 13.3 Å². The highest BCUT2D eigenvalue weighted by Crippen LogP contribution is 2.44. The number of allylic oxidation sites excluding steroid dienone is 1. The molecule has 5 rings (SSSR count). The van der Waals surface area contributed by atoms with Crippen molar-refractivity contribution < 1.29 is 18.7 Å². The summed E-state index contributed by atoms with van der Waals surface area (Å²) in [7, 11) is 0. The zero-order valence-corrected chi connectivity index (χ0v) is 18.2. The molecule has 2 aliphatic heterocycles. The summed E-state index contributed by atoms with van der Waals surface area (Å²) in [4.78, 5) is 15.3. The van der Waals surface area contributed by atoms with Crippen LogP contribution in [0, 0.1) is 19.7 Å². The molecule has 0 spiro atoms. The van der Waals surface area contributed by atoms with E-state index in [0.29, 0.717) is 30.3 Å². The number of carbonyl (C=O) groups excluding carboxylic acids is 1. The van der Waals surface area contributed by atoms with Gasteiger partial charge in [-0.25, -0.2) is 4.39 Å². The molecule has 32 heavy (non-hydrogen) atoms. The van der Waals surface area contributed by atoms with E-state index < -0.39 is 0 Å². The molecule has 0 radical (unpaired) electrons. The van der Waals surface area contributed by atoms with Gasteiger partial charge in [-0.15, -0.1) is 0 Å². The fourth-order valence-corrected chi connectivity index (χ4v) is 4.25. The van der Waals surface area contributed by atoms with Crippen LogP contribution in [0.15, 0.2) is 60.4 Å². The lowest BCUT2D eigenvalue weighted by molar-refractivity contribution is 0.0949. The van der Waals surface area contributed by atoms with E-state index in [4.69, 9.17) is 9.47 Å². The maximum absolute atomic E-state index is 13.2. The van der Waals surface area contributed by atoms with Crippen molar-refractivity contribution in [3.05, 3.63) is 99.6 Å². The van der Waals surface area contributed by atoms with Crippen molar-refractivity contribution in [1.82, 2.24) is 4.90 Å². The first-order valence-electron chi connectivity index (χ1n) is 10.8. The number of hydrogen-bond donors (Lipinski definition) is 0. The Hall–Kier alpha value is -3.44. The average Bonchev–Trinajstić information content (AvgIpc) is 3.12. The van der Waals surface area contributed by atoms with Crippen LogP contribution in [0.2, 0.25) is 0 Å². The van der Waals surface area contributed by atoms with Crippen LogP contribution in [-0.4, -0.2) is 24.0 Å². The molecule has 0 fully saturated rings. The summed E-state index contributed by atoms with van der Waals surface area (Å²) < 4.78 is 25.3. The summed E-state index contributed by atoms with van der Waals surface area (Å²) in [5, 5.41) is 0. The molecule has 0 aromatic heterocycles. The highest BCUT2D eigenvalue weighted by atomic mass is 19.1. The fourth-order valence-electron chi connectivity index (χ4n) is 4.25. The highest BCUT2D eigenvalue weighted by molar-refractivity contribution is 6.16. The first-order valence-corrected chi connectivity index (χ1v) is 10.8. The number of carbonyl (C=O) groups is 1. The standard InChI is InChI=1S/C27H24FNO3/c1-17-5-3-4-6-20(17)14-24-26(30)25-18(2)13-23-22(27(25)32-24)15-29(16-31-23)12-11-19-7-9-21(28)10-8-19/h3-10,13-14H,11-12,15-16H2,1-2H3/b24-14+. The van der Waals surface area contributed by atoms with Gasteiger partial charge in [-0.05, 0) is 66.8 Å². The van der Waals surface area contributed by atoms with Gasteiger partial charge >= 0.3 is 0 Å². The topological polar surface area (TPSA) is 38.8 Å². The largest absolute Gasteiger partial charge is 0.478 e. The van der Waals surface area contributed by atoms with E-state index in [1.807, 2.05) is 50.3 Å². The highest BCUT2D eigenvalue weighted by Gasteiger charge is 2.35. The van der Waals surface area contributed by atoms with E-state index >= 15 is 0 Å². The number of aryl methyl sites for hydroxylation is 2. The molecule has 0 amide bonds. The van der Waals surface area contributed by atoms with Crippen LogP contribution in [0.4, 0.5) is 4.39 Å². The van der Waals surface area contributed by atoms with Gasteiger partial charge in [0.25, 0.3) is 0 Å². The molecule has 0 saturated carbocycles. The molecule has 0 atom stereocenters. The van der Waals surface area contributed by atoms with Crippen LogP contribution in [0.25, 0.3) is 6.08 Å². The summed E-state index contributed by atoms with van der Waals surface area (Å²) >= 11 is 0. The van der Waals surface area contributed by atoms with E-state index in [1.54, 1.807) is 12.1 Å². The van der Waals surface area contributed by atoms with Crippen LogP contribution in [0.1, 0.15) is 38.2 Å². The number of ketones is 1. The van der Waals surface area contributed by atoms with E-state index in [-0.39, 0.29) is 11.6 Å². The van der Waals surface area contributed by atoms with Gasteiger partial charge in [0.05, 0.1) is 11.1 Å². The van der Waals surface area contributed by atoms with Crippen molar-refractivity contribution >= 4 is 11.9 Å². The van der Waals surface area contributed by atoms with Gasteiger partial charge < -0.3 is 9.47 Å². The van der Waals surface area contributed by atoms with Gasteiger partial charge in [-0.1, -0.05) is 36.4 Å².